The summed E-state index contributed by atoms with van der Waals surface area (Å²) < 4.78 is 5.26. The van der Waals surface area contributed by atoms with Crippen molar-refractivity contribution in [3.8, 4) is 0 Å². The summed E-state index contributed by atoms with van der Waals surface area (Å²) in [5, 5.41) is 2.93. The van der Waals surface area contributed by atoms with Crippen molar-refractivity contribution in [2.75, 3.05) is 32.6 Å². The maximum atomic E-state index is 12.3. The third-order valence-electron chi connectivity index (χ3n) is 3.52. The van der Waals surface area contributed by atoms with Crippen LogP contribution in [-0.4, -0.2) is 43.7 Å². The van der Waals surface area contributed by atoms with Crippen molar-refractivity contribution in [3.63, 3.8) is 0 Å². The van der Waals surface area contributed by atoms with E-state index in [1.54, 1.807) is 0 Å². The van der Waals surface area contributed by atoms with Gasteiger partial charge in [-0.2, -0.15) is 0 Å². The molecule has 0 bridgehead atoms. The number of nitrogens with zero attached hydrogens (tertiary/aromatic N) is 1. The number of hydrogen-bond donors (Lipinski definition) is 2. The molecule has 1 aromatic rings. The van der Waals surface area contributed by atoms with Crippen molar-refractivity contribution in [1.29, 1.82) is 0 Å². The van der Waals surface area contributed by atoms with Crippen LogP contribution in [0.15, 0.2) is 24.3 Å². The predicted octanol–water partition coefficient (Wildman–Crippen LogP) is 2.04. The number of hydrogen-bond acceptors (Lipinski definition) is 4. The fourth-order valence-corrected chi connectivity index (χ4v) is 2.33. The predicted molar refractivity (Wildman–Crippen MR) is 93.9 cm³/mol. The van der Waals surface area contributed by atoms with Crippen molar-refractivity contribution in [2.45, 2.75) is 24.9 Å². The Labute approximate surface area is 144 Å². The molecule has 0 radical (unpaired) electrons. The quantitative estimate of drug-likeness (QED) is 0.872. The number of benzene rings is 1. The van der Waals surface area contributed by atoms with Crippen LogP contribution < -0.4 is 11.1 Å². The van der Waals surface area contributed by atoms with E-state index in [2.05, 4.69) is 10.2 Å². The molecule has 1 aliphatic rings. The highest BCUT2D eigenvalue weighted by Crippen LogP contribution is 2.20. The Morgan fingerprint density at radius 2 is 1.95 bits per heavy atom. The zero-order valence-electron chi connectivity index (χ0n) is 13.0. The Hall–Kier alpha value is -0.850. The molecule has 1 aliphatic heterocycles. The molecule has 1 saturated heterocycles. The van der Waals surface area contributed by atoms with Crippen molar-refractivity contribution >= 4 is 36.4 Å². The molecular weight excluding hydrogens is 325 g/mol. The third-order valence-corrected chi connectivity index (χ3v) is 3.52. The van der Waals surface area contributed by atoms with Gasteiger partial charge in [0.05, 0.1) is 0 Å². The van der Waals surface area contributed by atoms with E-state index in [0.717, 1.165) is 17.8 Å². The Morgan fingerprint density at radius 3 is 2.55 bits per heavy atom. The van der Waals surface area contributed by atoms with Gasteiger partial charge in [0, 0.05) is 25.4 Å². The molecule has 5 nitrogen and oxygen atoms in total. The number of nitrogens with one attached hydrogen (secondary N) is 1. The Balaban J connectivity index is 0.00000220. The van der Waals surface area contributed by atoms with Gasteiger partial charge in [0.2, 0.25) is 5.91 Å². The van der Waals surface area contributed by atoms with Gasteiger partial charge in [-0.3, -0.25) is 4.79 Å². The molecule has 0 saturated carbocycles. The molecule has 0 aromatic heterocycles. The van der Waals surface area contributed by atoms with Gasteiger partial charge in [0.25, 0.3) is 0 Å². The number of carbonyl (C=O) groups is 1. The lowest BCUT2D eigenvalue weighted by Crippen LogP contribution is -2.54. The number of nitrogens with two attached hydrogens (primary N) is 1. The summed E-state index contributed by atoms with van der Waals surface area (Å²) in [6, 6.07) is 7.87. The third kappa shape index (κ3) is 5.74. The normalized spacial score (nSPS) is 16.4. The molecule has 0 atom stereocenters. The van der Waals surface area contributed by atoms with Crippen molar-refractivity contribution in [1.82, 2.24) is 4.90 Å². The van der Waals surface area contributed by atoms with E-state index < -0.39 is 5.54 Å². The molecule has 3 N–H and O–H groups in total. The van der Waals surface area contributed by atoms with Crippen LogP contribution in [0.5, 0.6) is 0 Å². The molecule has 1 amide bonds. The van der Waals surface area contributed by atoms with Crippen LogP contribution in [0.4, 0.5) is 5.69 Å². The smallest absolute Gasteiger partial charge is 0.244 e. The first kappa shape index (κ1) is 21.1. The molecule has 0 aliphatic carbocycles. The fourth-order valence-electron chi connectivity index (χ4n) is 2.33. The molecule has 1 aromatic carbocycles. The van der Waals surface area contributed by atoms with Crippen molar-refractivity contribution < 1.29 is 9.53 Å². The number of carbonyl (C=O) groups excluding carboxylic acids is 1. The lowest BCUT2D eigenvalue weighted by atomic mass is 9.90. The van der Waals surface area contributed by atoms with E-state index in [1.807, 2.05) is 38.4 Å². The van der Waals surface area contributed by atoms with Gasteiger partial charge in [0.15, 0.2) is 0 Å². The number of halogens is 2. The standard InChI is InChI=1S/C15H23N3O2.2ClH/c1-18(2)11-12-4-3-5-13(10-12)17-14(19)15(16)6-8-20-9-7-15;;/h3-5,10H,6-9,11,16H2,1-2H3,(H,17,19);2*1H. The molecule has 1 fully saturated rings. The summed E-state index contributed by atoms with van der Waals surface area (Å²) in [7, 11) is 4.03. The van der Waals surface area contributed by atoms with Crippen LogP contribution in [0.3, 0.4) is 0 Å². The zero-order chi connectivity index (χ0) is 14.6. The van der Waals surface area contributed by atoms with Crippen LogP contribution in [0.2, 0.25) is 0 Å². The Bertz CT molecular complexity index is 478. The summed E-state index contributed by atoms with van der Waals surface area (Å²) in [6.07, 6.45) is 1.13. The second-order valence-electron chi connectivity index (χ2n) is 5.66. The SMILES string of the molecule is CN(C)Cc1cccc(NC(=O)C2(N)CCOCC2)c1.Cl.Cl. The second-order valence-corrected chi connectivity index (χ2v) is 5.66. The molecular formula is C15H25Cl2N3O2. The van der Waals surface area contributed by atoms with E-state index in [4.69, 9.17) is 10.5 Å². The van der Waals surface area contributed by atoms with Crippen LogP contribution in [0.1, 0.15) is 18.4 Å². The highest BCUT2D eigenvalue weighted by Gasteiger charge is 2.35. The second kappa shape index (κ2) is 9.33. The molecule has 126 valence electrons. The lowest BCUT2D eigenvalue weighted by molar-refractivity contribution is -0.124. The number of ether oxygens (including phenoxy) is 1. The highest BCUT2D eigenvalue weighted by atomic mass is 35.5. The van der Waals surface area contributed by atoms with E-state index in [1.165, 1.54) is 0 Å². The zero-order valence-corrected chi connectivity index (χ0v) is 14.6. The van der Waals surface area contributed by atoms with E-state index in [0.29, 0.717) is 26.1 Å². The maximum Gasteiger partial charge on any atom is 0.244 e. The molecule has 1 heterocycles. The largest absolute Gasteiger partial charge is 0.381 e. The van der Waals surface area contributed by atoms with Crippen LogP contribution in [0.25, 0.3) is 0 Å². The monoisotopic (exact) mass is 349 g/mol. The topological polar surface area (TPSA) is 67.6 Å². The molecule has 0 unspecified atom stereocenters. The number of rotatable bonds is 4. The van der Waals surface area contributed by atoms with Crippen LogP contribution in [-0.2, 0) is 16.1 Å². The minimum atomic E-state index is -0.810. The summed E-state index contributed by atoms with van der Waals surface area (Å²) in [6.45, 7) is 1.93. The Kier molecular flexibility index (Phi) is 8.96. The van der Waals surface area contributed by atoms with E-state index in [9.17, 15) is 4.79 Å². The van der Waals surface area contributed by atoms with Gasteiger partial charge in [0.1, 0.15) is 5.54 Å². The van der Waals surface area contributed by atoms with Gasteiger partial charge in [-0.25, -0.2) is 0 Å². The van der Waals surface area contributed by atoms with Crippen molar-refractivity contribution in [2.24, 2.45) is 5.73 Å². The summed E-state index contributed by atoms with van der Waals surface area (Å²) >= 11 is 0. The Morgan fingerprint density at radius 1 is 1.32 bits per heavy atom. The maximum absolute atomic E-state index is 12.3. The molecule has 2 rings (SSSR count). The molecule has 7 heteroatoms. The molecule has 22 heavy (non-hydrogen) atoms. The van der Waals surface area contributed by atoms with Gasteiger partial charge >= 0.3 is 0 Å². The van der Waals surface area contributed by atoms with Gasteiger partial charge < -0.3 is 20.7 Å². The van der Waals surface area contributed by atoms with Crippen LogP contribution >= 0.6 is 24.8 Å². The van der Waals surface area contributed by atoms with Crippen LogP contribution in [0, 0.1) is 0 Å². The number of anilines is 1. The van der Waals surface area contributed by atoms with E-state index >= 15 is 0 Å². The van der Waals surface area contributed by atoms with E-state index in [-0.39, 0.29) is 30.7 Å². The minimum Gasteiger partial charge on any atom is -0.381 e. The average molecular weight is 350 g/mol. The average Bonchev–Trinajstić information content (AvgIpc) is 2.39. The number of amides is 1. The molecule has 0 spiro atoms. The summed E-state index contributed by atoms with van der Waals surface area (Å²) in [4.78, 5) is 14.4. The van der Waals surface area contributed by atoms with Gasteiger partial charge in [-0.1, -0.05) is 12.1 Å². The van der Waals surface area contributed by atoms with Crippen molar-refractivity contribution in [3.05, 3.63) is 29.8 Å². The van der Waals surface area contributed by atoms with Gasteiger partial charge in [-0.15, -0.1) is 24.8 Å². The summed E-state index contributed by atoms with van der Waals surface area (Å²) in [5.74, 6) is -0.122. The minimum absolute atomic E-state index is 0. The van der Waals surface area contributed by atoms with Gasteiger partial charge in [-0.05, 0) is 44.6 Å². The summed E-state index contributed by atoms with van der Waals surface area (Å²) in [5.41, 5.74) is 7.31. The fraction of sp³-hybridized carbons (Fsp3) is 0.533. The first-order valence-corrected chi connectivity index (χ1v) is 6.91. The highest BCUT2D eigenvalue weighted by molar-refractivity contribution is 5.98. The first-order chi connectivity index (χ1) is 9.49. The first-order valence-electron chi connectivity index (χ1n) is 6.91. The lowest BCUT2D eigenvalue weighted by Gasteiger charge is -2.31.